The van der Waals surface area contributed by atoms with E-state index in [0.29, 0.717) is 50.9 Å². The quantitative estimate of drug-likeness (QED) is 0.237. The molecule has 0 bridgehead atoms. The van der Waals surface area contributed by atoms with Crippen LogP contribution in [0.5, 0.6) is 0 Å². The molecule has 4 atom stereocenters. The van der Waals surface area contributed by atoms with Crippen LogP contribution in [0.1, 0.15) is 53.8 Å². The number of amidine groups is 1. The van der Waals surface area contributed by atoms with Gasteiger partial charge in [-0.3, -0.25) is 9.98 Å². The van der Waals surface area contributed by atoms with Gasteiger partial charge in [-0.2, -0.15) is 31.3 Å². The van der Waals surface area contributed by atoms with Crippen molar-refractivity contribution in [3.8, 4) is 0 Å². The molecule has 3 aliphatic rings. The summed E-state index contributed by atoms with van der Waals surface area (Å²) in [6.07, 6.45) is 5.63. The van der Waals surface area contributed by atoms with Crippen LogP contribution in [0.4, 0.5) is 13.2 Å². The highest BCUT2D eigenvalue weighted by atomic mass is 35.5. The van der Waals surface area contributed by atoms with Gasteiger partial charge in [0, 0.05) is 84.3 Å². The van der Waals surface area contributed by atoms with Crippen molar-refractivity contribution in [2.75, 3.05) is 20.1 Å². The van der Waals surface area contributed by atoms with Gasteiger partial charge in [-0.25, -0.2) is 14.1 Å². The normalized spacial score (nSPS) is 24.3. The van der Waals surface area contributed by atoms with Gasteiger partial charge in [-0.15, -0.1) is 11.3 Å². The first-order chi connectivity index (χ1) is 22.9. The first-order valence-electron chi connectivity index (χ1n) is 15.1. The Morgan fingerprint density at radius 3 is 2.69 bits per heavy atom. The first kappa shape index (κ1) is 32.9. The molecule has 252 valence electrons. The van der Waals surface area contributed by atoms with Crippen molar-refractivity contribution in [1.82, 2.24) is 33.7 Å². The van der Waals surface area contributed by atoms with E-state index < -0.39 is 40.3 Å². The predicted octanol–water partition coefficient (Wildman–Crippen LogP) is 4.97. The van der Waals surface area contributed by atoms with Crippen molar-refractivity contribution in [3.63, 3.8) is 0 Å². The summed E-state index contributed by atoms with van der Waals surface area (Å²) in [6.45, 7) is -2.67. The number of aliphatic hydroxyl groups is 1. The number of aromatic nitrogens is 4. The van der Waals surface area contributed by atoms with Crippen LogP contribution in [0.3, 0.4) is 0 Å². The number of thiazole rings is 1. The number of nitrogens with one attached hydrogen (secondary N) is 1. The maximum atomic E-state index is 14.1. The lowest BCUT2D eigenvalue weighted by atomic mass is 9.67. The van der Waals surface area contributed by atoms with Crippen LogP contribution in [0, 0.1) is 11.7 Å². The van der Waals surface area contributed by atoms with E-state index >= 15 is 0 Å². The summed E-state index contributed by atoms with van der Waals surface area (Å²) in [6, 6.07) is 9.04. The maximum Gasteiger partial charge on any atom is 0.333 e. The fourth-order valence-corrected chi connectivity index (χ4v) is 8.61. The second kappa shape index (κ2) is 12.7. The number of aliphatic imine (C=N–C) groups is 1. The second-order valence-corrected chi connectivity index (χ2v) is 15.1. The monoisotopic (exact) mass is 718 g/mol. The topological polar surface area (TPSA) is 129 Å². The lowest BCUT2D eigenvalue weighted by Crippen LogP contribution is -2.53. The Balaban J connectivity index is 1.22. The van der Waals surface area contributed by atoms with E-state index in [9.17, 15) is 26.7 Å². The van der Waals surface area contributed by atoms with Gasteiger partial charge in [0.1, 0.15) is 17.5 Å². The Bertz CT molecular complexity index is 1990. The number of pyridine rings is 1. The molecule has 4 aromatic rings. The zero-order valence-corrected chi connectivity index (χ0v) is 27.8. The minimum Gasteiger partial charge on any atom is -0.383 e. The highest BCUT2D eigenvalue weighted by Crippen LogP contribution is 2.48. The molecular formula is C31H30ClF3N8O3S2. The third kappa shape index (κ3) is 5.94. The van der Waals surface area contributed by atoms with Crippen LogP contribution in [0.15, 0.2) is 77.1 Å². The van der Waals surface area contributed by atoms with E-state index in [1.165, 1.54) is 40.9 Å². The van der Waals surface area contributed by atoms with Crippen LogP contribution < -0.4 is 4.72 Å². The van der Waals surface area contributed by atoms with Gasteiger partial charge in [-0.1, -0.05) is 23.7 Å². The molecule has 1 saturated carbocycles. The second-order valence-electron chi connectivity index (χ2n) is 12.0. The Labute approximate surface area is 283 Å². The molecule has 0 spiro atoms. The van der Waals surface area contributed by atoms with E-state index in [4.69, 9.17) is 16.6 Å². The summed E-state index contributed by atoms with van der Waals surface area (Å²) in [5.74, 6) is -0.471. The summed E-state index contributed by atoms with van der Waals surface area (Å²) < 4.78 is 73.4. The number of nitrogens with zero attached hydrogens (tertiary/aromatic N) is 7. The molecule has 17 heteroatoms. The van der Waals surface area contributed by atoms with Crippen molar-refractivity contribution in [2.45, 2.75) is 43.5 Å². The van der Waals surface area contributed by atoms with E-state index in [2.05, 4.69) is 19.8 Å². The average Bonchev–Trinajstić information content (AvgIpc) is 3.84. The van der Waals surface area contributed by atoms with E-state index in [1.54, 1.807) is 36.0 Å². The van der Waals surface area contributed by atoms with Crippen LogP contribution in [-0.4, -0.2) is 74.5 Å². The number of hydrogen-bond acceptors (Lipinski definition) is 9. The van der Waals surface area contributed by atoms with E-state index in [0.717, 1.165) is 12.3 Å². The van der Waals surface area contributed by atoms with Gasteiger partial charge in [0.15, 0.2) is 10.8 Å². The maximum absolute atomic E-state index is 14.1. The summed E-state index contributed by atoms with van der Waals surface area (Å²) in [4.78, 5) is 15.5. The van der Waals surface area contributed by atoms with Crippen LogP contribution in [0.2, 0.25) is 5.02 Å². The lowest BCUT2D eigenvalue weighted by molar-refractivity contribution is -0.108. The fraction of sp³-hybridized carbons (Fsp3) is 0.355. The number of hydrogen-bond donors (Lipinski definition) is 2. The number of benzene rings is 1. The SMILES string of the molecule is CN(CC1CCC1(O)c1ccccn1)S(=O)(=O)N[C@H]1CC2=C(c3ccn(C(F)F)n3)[C@H](c3ccc(F)cc3Cl)N=C(c3nccs3)N2C1. The lowest BCUT2D eigenvalue weighted by Gasteiger charge is -2.46. The summed E-state index contributed by atoms with van der Waals surface area (Å²) in [5, 5.41) is 17.8. The van der Waals surface area contributed by atoms with Crippen molar-refractivity contribution >= 4 is 44.6 Å². The largest absolute Gasteiger partial charge is 0.383 e. The predicted molar refractivity (Wildman–Crippen MR) is 174 cm³/mol. The summed E-state index contributed by atoms with van der Waals surface area (Å²) >= 11 is 7.86. The van der Waals surface area contributed by atoms with Crippen molar-refractivity contribution < 1.29 is 26.7 Å². The first-order valence-corrected chi connectivity index (χ1v) is 17.8. The Hall–Kier alpha value is -3.67. The number of halogens is 4. The van der Waals surface area contributed by atoms with Crippen LogP contribution >= 0.6 is 22.9 Å². The minimum atomic E-state index is -4.06. The smallest absolute Gasteiger partial charge is 0.333 e. The molecule has 2 fully saturated rings. The molecule has 7 rings (SSSR count). The van der Waals surface area contributed by atoms with Gasteiger partial charge in [0.05, 0.1) is 11.4 Å². The molecule has 5 heterocycles. The number of rotatable bonds is 10. The molecule has 2 aliphatic heterocycles. The van der Waals surface area contributed by atoms with E-state index in [-0.39, 0.29) is 36.1 Å². The molecule has 48 heavy (non-hydrogen) atoms. The molecule has 0 amide bonds. The molecular weight excluding hydrogens is 689 g/mol. The van der Waals surface area contributed by atoms with Crippen molar-refractivity contribution in [3.05, 3.63) is 105 Å². The fourth-order valence-electron chi connectivity index (χ4n) is 6.56. The Morgan fingerprint density at radius 2 is 2.04 bits per heavy atom. The third-order valence-electron chi connectivity index (χ3n) is 9.09. The standard InChI is InChI=1S/C31H30ClF3N8O3S2/c1-41(16-18-7-9-31(18,44)25-4-2-3-10-36-25)48(45,46)40-20-15-24-26(23-8-12-43(39-23)30(34)35)27(21-6-5-19(33)14-22(21)32)38-28(42(24)17-20)29-37-11-13-47-29/h2-6,8,10-14,18,20,27,30,40,44H,7,9,15-17H2,1H3/t18?,20-,27-,31?/m0/s1. The van der Waals surface area contributed by atoms with Gasteiger partial charge in [-0.05, 0) is 43.2 Å². The third-order valence-corrected chi connectivity index (χ3v) is 11.8. The molecule has 2 N–H and O–H groups in total. The Kier molecular flexibility index (Phi) is 8.66. The van der Waals surface area contributed by atoms with Crippen LogP contribution in [-0.2, 0) is 15.8 Å². The van der Waals surface area contributed by atoms with Gasteiger partial charge < -0.3 is 10.0 Å². The minimum absolute atomic E-state index is 0.0643. The van der Waals surface area contributed by atoms with Crippen LogP contribution in [0.25, 0.3) is 5.57 Å². The molecule has 0 radical (unpaired) electrons. The highest BCUT2D eigenvalue weighted by Gasteiger charge is 2.49. The molecule has 1 saturated heterocycles. The van der Waals surface area contributed by atoms with Gasteiger partial charge >= 0.3 is 6.55 Å². The van der Waals surface area contributed by atoms with Gasteiger partial charge in [0.25, 0.3) is 10.2 Å². The molecule has 2 unspecified atom stereocenters. The molecule has 3 aromatic heterocycles. The zero-order valence-electron chi connectivity index (χ0n) is 25.4. The van der Waals surface area contributed by atoms with E-state index in [1.807, 2.05) is 4.90 Å². The summed E-state index contributed by atoms with van der Waals surface area (Å²) in [7, 11) is -2.60. The summed E-state index contributed by atoms with van der Waals surface area (Å²) in [5.41, 5.74) is 0.932. The highest BCUT2D eigenvalue weighted by molar-refractivity contribution is 7.87. The number of alkyl halides is 2. The Morgan fingerprint density at radius 1 is 1.21 bits per heavy atom. The van der Waals surface area contributed by atoms with Crippen molar-refractivity contribution in [2.24, 2.45) is 10.9 Å². The van der Waals surface area contributed by atoms with Gasteiger partial charge in [0.2, 0.25) is 0 Å². The average molecular weight is 719 g/mol. The van der Waals surface area contributed by atoms with Crippen molar-refractivity contribution in [1.29, 1.82) is 0 Å². The number of fused-ring (bicyclic) bond motifs is 1. The molecule has 1 aromatic carbocycles. The zero-order chi connectivity index (χ0) is 33.8. The molecule has 1 aliphatic carbocycles. The molecule has 11 nitrogen and oxygen atoms in total.